The maximum atomic E-state index is 14.1. The molecule has 3 aromatic rings. The average molecular weight is 552 g/mol. The summed E-state index contributed by atoms with van der Waals surface area (Å²) in [4.78, 5) is 39.1. The number of para-hydroxylation sites is 1. The smallest absolute Gasteiger partial charge is 0.217 e. The average Bonchev–Trinajstić information content (AvgIpc) is 2.93. The van der Waals surface area contributed by atoms with Gasteiger partial charge in [-0.15, -0.1) is 0 Å². The SMILES string of the molecule is COc1cc(C=CC(=O)C(C(=O)C=Cc2cccc(OC)c2O)C(NC(C)=O)c2ccc(F)c(F)c2)ccc1O. The predicted octanol–water partition coefficient (Wildman–Crippen LogP) is 4.75. The summed E-state index contributed by atoms with van der Waals surface area (Å²) in [5.41, 5.74) is 0.655. The number of aromatic hydroxyl groups is 2. The fourth-order valence-corrected chi connectivity index (χ4v) is 3.95. The van der Waals surface area contributed by atoms with Crippen molar-refractivity contribution in [3.05, 3.63) is 95.1 Å². The van der Waals surface area contributed by atoms with E-state index in [-0.39, 0.29) is 34.1 Å². The minimum absolute atomic E-state index is 0.0156. The lowest BCUT2D eigenvalue weighted by Gasteiger charge is -2.25. The van der Waals surface area contributed by atoms with Crippen molar-refractivity contribution in [1.29, 1.82) is 0 Å². The largest absolute Gasteiger partial charge is 0.504 e. The van der Waals surface area contributed by atoms with Crippen molar-refractivity contribution in [2.75, 3.05) is 14.2 Å². The molecule has 3 N–H and O–H groups in total. The summed E-state index contributed by atoms with van der Waals surface area (Å²) in [7, 11) is 2.72. The molecule has 2 atom stereocenters. The number of rotatable bonds is 11. The Morgan fingerprint density at radius 2 is 1.52 bits per heavy atom. The van der Waals surface area contributed by atoms with Gasteiger partial charge in [-0.3, -0.25) is 14.4 Å². The number of carbonyl (C=O) groups excluding carboxylic acids is 3. The Labute approximate surface area is 229 Å². The number of benzene rings is 3. The zero-order valence-electron chi connectivity index (χ0n) is 21.9. The van der Waals surface area contributed by atoms with Crippen LogP contribution in [0.25, 0.3) is 12.2 Å². The Kier molecular flexibility index (Phi) is 9.75. The van der Waals surface area contributed by atoms with Gasteiger partial charge in [0.2, 0.25) is 5.91 Å². The molecular weight excluding hydrogens is 524 g/mol. The molecule has 0 aromatic heterocycles. The molecule has 0 fully saturated rings. The number of methoxy groups -OCH3 is 2. The van der Waals surface area contributed by atoms with Crippen LogP contribution in [0.15, 0.2) is 66.7 Å². The van der Waals surface area contributed by atoms with Crippen LogP contribution in [0.1, 0.15) is 29.7 Å². The Balaban J connectivity index is 2.07. The zero-order chi connectivity index (χ0) is 29.4. The second-order valence-electron chi connectivity index (χ2n) is 8.63. The van der Waals surface area contributed by atoms with E-state index in [0.717, 1.165) is 31.2 Å². The first-order chi connectivity index (χ1) is 19.0. The molecule has 8 nitrogen and oxygen atoms in total. The molecule has 0 aliphatic heterocycles. The van der Waals surface area contributed by atoms with E-state index in [9.17, 15) is 33.4 Å². The molecule has 0 bridgehead atoms. The van der Waals surface area contributed by atoms with Crippen LogP contribution in [0.5, 0.6) is 23.0 Å². The molecule has 0 saturated carbocycles. The number of ketones is 2. The summed E-state index contributed by atoms with van der Waals surface area (Å²) in [6.07, 6.45) is 4.78. The van der Waals surface area contributed by atoms with Gasteiger partial charge in [0.05, 0.1) is 20.3 Å². The van der Waals surface area contributed by atoms with Crippen LogP contribution in [0, 0.1) is 17.6 Å². The maximum absolute atomic E-state index is 14.1. The van der Waals surface area contributed by atoms with Gasteiger partial charge in [0, 0.05) is 12.5 Å². The van der Waals surface area contributed by atoms with Crippen LogP contribution < -0.4 is 14.8 Å². The van der Waals surface area contributed by atoms with Crippen molar-refractivity contribution in [3.63, 3.8) is 0 Å². The molecule has 0 saturated heterocycles. The van der Waals surface area contributed by atoms with Crippen LogP contribution in [-0.2, 0) is 14.4 Å². The van der Waals surface area contributed by atoms with Gasteiger partial charge in [0.15, 0.2) is 46.2 Å². The molecule has 0 aliphatic rings. The number of hydrogen-bond acceptors (Lipinski definition) is 7. The molecule has 0 spiro atoms. The molecule has 0 heterocycles. The van der Waals surface area contributed by atoms with E-state index in [1.807, 2.05) is 0 Å². The number of nitrogens with one attached hydrogen (secondary N) is 1. The normalized spacial score (nSPS) is 12.7. The van der Waals surface area contributed by atoms with Crippen LogP contribution in [0.3, 0.4) is 0 Å². The van der Waals surface area contributed by atoms with Gasteiger partial charge in [-0.1, -0.05) is 30.3 Å². The van der Waals surface area contributed by atoms with Crippen LogP contribution in [-0.4, -0.2) is 41.9 Å². The lowest BCUT2D eigenvalue weighted by Crippen LogP contribution is -2.39. The van der Waals surface area contributed by atoms with Gasteiger partial charge in [-0.25, -0.2) is 8.78 Å². The zero-order valence-corrected chi connectivity index (χ0v) is 21.9. The summed E-state index contributed by atoms with van der Waals surface area (Å²) in [5, 5.41) is 22.7. The number of phenolic OH excluding ortho intramolecular Hbond substituents is 2. The highest BCUT2D eigenvalue weighted by Gasteiger charge is 2.34. The monoisotopic (exact) mass is 551 g/mol. The third-order valence-electron chi connectivity index (χ3n) is 5.93. The fraction of sp³-hybridized carbons (Fsp3) is 0.167. The fourth-order valence-electron chi connectivity index (χ4n) is 3.95. The molecule has 10 heteroatoms. The summed E-state index contributed by atoms with van der Waals surface area (Å²) in [6.45, 7) is 1.15. The van der Waals surface area contributed by atoms with Crippen molar-refractivity contribution in [2.24, 2.45) is 5.92 Å². The van der Waals surface area contributed by atoms with Crippen LogP contribution in [0.2, 0.25) is 0 Å². The number of allylic oxidation sites excluding steroid dienone is 2. The summed E-state index contributed by atoms with van der Waals surface area (Å²) < 4.78 is 37.9. The number of halogens is 2. The van der Waals surface area contributed by atoms with Crippen molar-refractivity contribution in [3.8, 4) is 23.0 Å². The molecule has 208 valence electrons. The quantitative estimate of drug-likeness (QED) is 0.232. The van der Waals surface area contributed by atoms with E-state index in [1.165, 1.54) is 62.8 Å². The lowest BCUT2D eigenvalue weighted by molar-refractivity contribution is -0.129. The number of hydrogen-bond donors (Lipinski definition) is 3. The third-order valence-corrected chi connectivity index (χ3v) is 5.93. The van der Waals surface area contributed by atoms with Crippen molar-refractivity contribution in [1.82, 2.24) is 5.32 Å². The molecule has 0 aliphatic carbocycles. The third kappa shape index (κ3) is 7.10. The van der Waals surface area contributed by atoms with Crippen LogP contribution >= 0.6 is 0 Å². The maximum Gasteiger partial charge on any atom is 0.217 e. The van der Waals surface area contributed by atoms with Gasteiger partial charge >= 0.3 is 0 Å². The summed E-state index contributed by atoms with van der Waals surface area (Å²) in [5.74, 6) is -6.19. The molecule has 1 amide bonds. The van der Waals surface area contributed by atoms with Gasteiger partial charge in [0.25, 0.3) is 0 Å². The van der Waals surface area contributed by atoms with Gasteiger partial charge in [0.1, 0.15) is 5.92 Å². The Hall–Kier alpha value is -4.99. The van der Waals surface area contributed by atoms with E-state index in [1.54, 1.807) is 6.07 Å². The van der Waals surface area contributed by atoms with Crippen LogP contribution in [0.4, 0.5) is 8.78 Å². The Morgan fingerprint density at radius 1 is 0.850 bits per heavy atom. The number of phenols is 2. The van der Waals surface area contributed by atoms with E-state index >= 15 is 0 Å². The molecule has 40 heavy (non-hydrogen) atoms. The number of carbonyl (C=O) groups is 3. The van der Waals surface area contributed by atoms with Crippen molar-refractivity contribution >= 4 is 29.6 Å². The first-order valence-electron chi connectivity index (χ1n) is 11.9. The minimum atomic E-state index is -1.60. The van der Waals surface area contributed by atoms with E-state index in [0.29, 0.717) is 5.56 Å². The standard InChI is InChI=1S/C30H27F2NO7/c1-17(34)33-29(20-9-11-21(31)22(32)16-20)28(24(36)13-8-18-7-12-23(35)27(15-18)40-3)25(37)14-10-19-5-4-6-26(39-2)30(19)38/h4-16,28-29,35,38H,1-3H3,(H,33,34). The molecular formula is C30H27F2NO7. The highest BCUT2D eigenvalue weighted by molar-refractivity contribution is 6.14. The first kappa shape index (κ1) is 29.6. The highest BCUT2D eigenvalue weighted by Crippen LogP contribution is 2.32. The minimum Gasteiger partial charge on any atom is -0.504 e. The number of amides is 1. The van der Waals surface area contributed by atoms with E-state index < -0.39 is 41.1 Å². The molecule has 2 unspecified atom stereocenters. The predicted molar refractivity (Wildman–Crippen MR) is 144 cm³/mol. The molecule has 0 radical (unpaired) electrons. The van der Waals surface area contributed by atoms with Crippen molar-refractivity contribution in [2.45, 2.75) is 13.0 Å². The summed E-state index contributed by atoms with van der Waals surface area (Å²) in [6, 6.07) is 10.4. The highest BCUT2D eigenvalue weighted by atomic mass is 19.2. The second-order valence-corrected chi connectivity index (χ2v) is 8.63. The topological polar surface area (TPSA) is 122 Å². The number of ether oxygens (including phenoxy) is 2. The first-order valence-corrected chi connectivity index (χ1v) is 11.9. The van der Waals surface area contributed by atoms with E-state index in [4.69, 9.17) is 9.47 Å². The van der Waals surface area contributed by atoms with Gasteiger partial charge in [-0.2, -0.15) is 0 Å². The van der Waals surface area contributed by atoms with Gasteiger partial charge < -0.3 is 25.0 Å². The molecule has 3 rings (SSSR count). The van der Waals surface area contributed by atoms with E-state index in [2.05, 4.69) is 5.32 Å². The Morgan fingerprint density at radius 3 is 2.15 bits per heavy atom. The van der Waals surface area contributed by atoms with Crippen molar-refractivity contribution < 1.29 is 42.9 Å². The molecule has 3 aromatic carbocycles. The summed E-state index contributed by atoms with van der Waals surface area (Å²) >= 11 is 0. The second kappa shape index (κ2) is 13.2. The lowest BCUT2D eigenvalue weighted by atomic mass is 9.85. The Bertz CT molecular complexity index is 1480. The van der Waals surface area contributed by atoms with Gasteiger partial charge in [-0.05, 0) is 59.7 Å².